The molecule has 3 rings (SSSR count). The summed E-state index contributed by atoms with van der Waals surface area (Å²) in [6.45, 7) is 3.78. The van der Waals surface area contributed by atoms with Gasteiger partial charge >= 0.3 is 6.03 Å². The van der Waals surface area contributed by atoms with Crippen LogP contribution in [0.2, 0.25) is 0 Å². The molecule has 1 aromatic heterocycles. The highest BCUT2D eigenvalue weighted by molar-refractivity contribution is 7.11. The lowest BCUT2D eigenvalue weighted by molar-refractivity contribution is 0.0679. The average molecular weight is 362 g/mol. The van der Waals surface area contributed by atoms with Crippen molar-refractivity contribution in [2.45, 2.75) is 38.8 Å². The van der Waals surface area contributed by atoms with Crippen LogP contribution in [0.15, 0.2) is 24.3 Å². The van der Waals surface area contributed by atoms with E-state index in [4.69, 9.17) is 9.47 Å². The monoisotopic (exact) mass is 362 g/mol. The Morgan fingerprint density at radius 1 is 1.32 bits per heavy atom. The van der Waals surface area contributed by atoms with Crippen molar-refractivity contribution in [3.63, 3.8) is 0 Å². The summed E-state index contributed by atoms with van der Waals surface area (Å²) in [6, 6.07) is 7.02. The van der Waals surface area contributed by atoms with Crippen LogP contribution < -0.4 is 15.4 Å². The van der Waals surface area contributed by atoms with E-state index >= 15 is 0 Å². The number of nitrogens with one attached hydrogen (secondary N) is 2. The normalized spacial score (nSPS) is 16.6. The van der Waals surface area contributed by atoms with Crippen molar-refractivity contribution in [2.75, 3.05) is 18.5 Å². The van der Waals surface area contributed by atoms with Crippen LogP contribution in [-0.4, -0.2) is 35.5 Å². The second-order valence-corrected chi connectivity index (χ2v) is 6.87. The number of urea groups is 1. The number of rotatable bonds is 7. The van der Waals surface area contributed by atoms with Gasteiger partial charge in [0.15, 0.2) is 0 Å². The summed E-state index contributed by atoms with van der Waals surface area (Å²) >= 11 is 1.51. The molecular weight excluding hydrogens is 340 g/mol. The van der Waals surface area contributed by atoms with E-state index < -0.39 is 0 Å². The smallest absolute Gasteiger partial charge is 0.319 e. The average Bonchev–Trinajstić information content (AvgIpc) is 3.31. The number of carbonyl (C=O) groups excluding carboxylic acids is 1. The third-order valence-electron chi connectivity index (χ3n) is 3.78. The molecule has 2 aromatic rings. The van der Waals surface area contributed by atoms with E-state index in [9.17, 15) is 4.79 Å². The van der Waals surface area contributed by atoms with Gasteiger partial charge in [-0.2, -0.15) is 0 Å². The molecule has 1 aliphatic rings. The molecule has 0 bridgehead atoms. The van der Waals surface area contributed by atoms with Gasteiger partial charge in [-0.15, -0.1) is 10.2 Å². The van der Waals surface area contributed by atoms with Crippen LogP contribution in [0.1, 0.15) is 29.8 Å². The predicted molar refractivity (Wildman–Crippen MR) is 96.1 cm³/mol. The maximum Gasteiger partial charge on any atom is 0.319 e. The van der Waals surface area contributed by atoms with Gasteiger partial charge in [-0.25, -0.2) is 4.79 Å². The lowest BCUT2D eigenvalue weighted by atomic mass is 10.2. The molecule has 0 aliphatic carbocycles. The molecule has 1 fully saturated rings. The number of anilines is 1. The first-order valence-corrected chi connectivity index (χ1v) is 9.25. The SMILES string of the molecule is CCc1nnc(CNC(=O)Nc2ccc(OC[C@H]3CCCO3)cc2)s1. The van der Waals surface area contributed by atoms with Gasteiger partial charge in [-0.3, -0.25) is 0 Å². The second kappa shape index (κ2) is 8.77. The molecule has 25 heavy (non-hydrogen) atoms. The van der Waals surface area contributed by atoms with Gasteiger partial charge in [0.05, 0.1) is 12.6 Å². The molecule has 2 amide bonds. The summed E-state index contributed by atoms with van der Waals surface area (Å²) < 4.78 is 11.2. The van der Waals surface area contributed by atoms with Gasteiger partial charge in [0, 0.05) is 12.3 Å². The highest BCUT2D eigenvalue weighted by atomic mass is 32.1. The predicted octanol–water partition coefficient (Wildman–Crippen LogP) is 2.98. The van der Waals surface area contributed by atoms with Crippen molar-refractivity contribution in [3.8, 4) is 5.75 Å². The lowest BCUT2D eigenvalue weighted by Crippen LogP contribution is -2.28. The number of ether oxygens (including phenoxy) is 2. The molecule has 1 aromatic carbocycles. The van der Waals surface area contributed by atoms with Gasteiger partial charge in [-0.1, -0.05) is 18.3 Å². The minimum absolute atomic E-state index is 0.192. The highest BCUT2D eigenvalue weighted by Gasteiger charge is 2.15. The first-order valence-electron chi connectivity index (χ1n) is 8.43. The molecule has 2 N–H and O–H groups in total. The molecule has 1 atom stereocenters. The number of hydrogen-bond acceptors (Lipinski definition) is 6. The van der Waals surface area contributed by atoms with E-state index in [0.29, 0.717) is 18.8 Å². The first-order chi connectivity index (χ1) is 12.2. The number of aryl methyl sites for hydroxylation is 1. The zero-order valence-corrected chi connectivity index (χ0v) is 15.0. The molecule has 2 heterocycles. The molecule has 0 unspecified atom stereocenters. The van der Waals surface area contributed by atoms with Crippen LogP contribution in [0.3, 0.4) is 0 Å². The second-order valence-electron chi connectivity index (χ2n) is 5.72. The van der Waals surface area contributed by atoms with Crippen LogP contribution >= 0.6 is 11.3 Å². The fourth-order valence-electron chi connectivity index (χ4n) is 2.43. The van der Waals surface area contributed by atoms with Crippen LogP contribution in [0.5, 0.6) is 5.75 Å². The Morgan fingerprint density at radius 2 is 2.12 bits per heavy atom. The maximum absolute atomic E-state index is 11.9. The van der Waals surface area contributed by atoms with E-state index in [1.165, 1.54) is 11.3 Å². The quantitative estimate of drug-likeness (QED) is 0.791. The highest BCUT2D eigenvalue weighted by Crippen LogP contribution is 2.18. The van der Waals surface area contributed by atoms with Crippen molar-refractivity contribution < 1.29 is 14.3 Å². The molecule has 0 spiro atoms. The van der Waals surface area contributed by atoms with Gasteiger partial charge in [0.2, 0.25) is 0 Å². The standard InChI is InChI=1S/C17H22N4O3S/c1-2-15-20-21-16(25-15)10-18-17(22)19-12-5-7-13(8-6-12)24-11-14-4-3-9-23-14/h5-8,14H,2-4,9-11H2,1H3,(H2,18,19,22)/t14-/m1/s1. The molecular formula is C17H22N4O3S. The van der Waals surface area contributed by atoms with Crippen LogP contribution in [0, 0.1) is 0 Å². The molecule has 0 saturated carbocycles. The molecule has 1 aliphatic heterocycles. The maximum atomic E-state index is 11.9. The van der Waals surface area contributed by atoms with Crippen molar-refractivity contribution in [1.82, 2.24) is 15.5 Å². The van der Waals surface area contributed by atoms with Crippen molar-refractivity contribution in [1.29, 1.82) is 0 Å². The summed E-state index contributed by atoms with van der Waals surface area (Å²) in [7, 11) is 0. The summed E-state index contributed by atoms with van der Waals surface area (Å²) in [5.41, 5.74) is 0.702. The van der Waals surface area contributed by atoms with E-state index in [1.807, 2.05) is 31.2 Å². The van der Waals surface area contributed by atoms with Crippen molar-refractivity contribution >= 4 is 23.1 Å². The van der Waals surface area contributed by atoms with E-state index in [1.54, 1.807) is 0 Å². The van der Waals surface area contributed by atoms with Crippen molar-refractivity contribution in [3.05, 3.63) is 34.3 Å². The largest absolute Gasteiger partial charge is 0.491 e. The van der Waals surface area contributed by atoms with Crippen LogP contribution in [-0.2, 0) is 17.7 Å². The Kier molecular flexibility index (Phi) is 6.19. The number of amides is 2. The van der Waals surface area contributed by atoms with Gasteiger partial charge in [-0.05, 0) is 43.5 Å². The summed E-state index contributed by atoms with van der Waals surface area (Å²) in [5.74, 6) is 0.766. The fraction of sp³-hybridized carbons (Fsp3) is 0.471. The van der Waals surface area contributed by atoms with Crippen LogP contribution in [0.4, 0.5) is 10.5 Å². The number of nitrogens with zero attached hydrogens (tertiary/aromatic N) is 2. The van der Waals surface area contributed by atoms with E-state index in [2.05, 4.69) is 20.8 Å². The number of hydrogen-bond donors (Lipinski definition) is 2. The van der Waals surface area contributed by atoms with E-state index in [-0.39, 0.29) is 12.1 Å². The number of carbonyl (C=O) groups is 1. The minimum Gasteiger partial charge on any atom is -0.491 e. The Hall–Kier alpha value is -2.19. The summed E-state index contributed by atoms with van der Waals surface area (Å²) in [4.78, 5) is 11.9. The Labute approximate surface area is 150 Å². The first kappa shape index (κ1) is 17.6. The van der Waals surface area contributed by atoms with Gasteiger partial charge in [0.25, 0.3) is 0 Å². The summed E-state index contributed by atoms with van der Waals surface area (Å²) in [6.07, 6.45) is 3.19. The number of aromatic nitrogens is 2. The van der Waals surface area contributed by atoms with Crippen LogP contribution in [0.25, 0.3) is 0 Å². The Balaban J connectivity index is 1.41. The zero-order valence-electron chi connectivity index (χ0n) is 14.2. The number of benzene rings is 1. The Bertz CT molecular complexity index is 683. The lowest BCUT2D eigenvalue weighted by Gasteiger charge is -2.12. The van der Waals surface area contributed by atoms with Gasteiger partial charge in [0.1, 0.15) is 22.4 Å². The van der Waals surface area contributed by atoms with Gasteiger partial charge < -0.3 is 20.1 Å². The zero-order chi connectivity index (χ0) is 17.5. The molecule has 134 valence electrons. The topological polar surface area (TPSA) is 85.4 Å². The third-order valence-corrected chi connectivity index (χ3v) is 4.85. The van der Waals surface area contributed by atoms with E-state index in [0.717, 1.165) is 41.6 Å². The molecule has 7 nitrogen and oxygen atoms in total. The molecule has 0 radical (unpaired) electrons. The molecule has 1 saturated heterocycles. The fourth-order valence-corrected chi connectivity index (χ4v) is 3.16. The van der Waals surface area contributed by atoms with Crippen molar-refractivity contribution in [2.24, 2.45) is 0 Å². The minimum atomic E-state index is -0.277. The Morgan fingerprint density at radius 3 is 2.80 bits per heavy atom. The summed E-state index contributed by atoms with van der Waals surface area (Å²) in [5, 5.41) is 15.4. The molecule has 8 heteroatoms. The third kappa shape index (κ3) is 5.40.